The molecule has 1 heterocycles. The summed E-state index contributed by atoms with van der Waals surface area (Å²) in [7, 11) is 1.53. The zero-order valence-electron chi connectivity index (χ0n) is 14.2. The second-order valence-corrected chi connectivity index (χ2v) is 7.65. The van der Waals surface area contributed by atoms with Gasteiger partial charge in [0.2, 0.25) is 11.0 Å². The molecule has 0 radical (unpaired) electrons. The molecule has 3 N–H and O–H groups in total. The molecule has 0 unspecified atom stereocenters. The number of ether oxygens (including phenoxy) is 1. The van der Waals surface area contributed by atoms with E-state index >= 15 is 0 Å². The number of imide groups is 1. The number of hydrogen-bond donors (Lipinski definition) is 3. The standard InChI is InChI=1S/C15H18ClN5O3S2/c1-9-3-4-10(7-11(9)16)18-14-20-21-15(26-14)25-8-12(22)19-13(23)17-5-6-24-2/h3-4,7H,5-6,8H2,1-2H3,(H,18,20)(H2,17,19,22,23). The quantitative estimate of drug-likeness (QED) is 0.449. The van der Waals surface area contributed by atoms with Crippen LogP contribution in [-0.2, 0) is 9.53 Å². The number of nitrogens with one attached hydrogen (secondary N) is 3. The lowest BCUT2D eigenvalue weighted by Crippen LogP contribution is -2.41. The molecule has 2 rings (SSSR count). The van der Waals surface area contributed by atoms with Crippen molar-refractivity contribution in [2.45, 2.75) is 11.3 Å². The molecule has 0 bridgehead atoms. The van der Waals surface area contributed by atoms with Gasteiger partial charge in [0.05, 0.1) is 12.4 Å². The molecule has 0 aliphatic carbocycles. The zero-order chi connectivity index (χ0) is 18.9. The molecule has 0 aliphatic heterocycles. The number of anilines is 2. The smallest absolute Gasteiger partial charge is 0.321 e. The topological polar surface area (TPSA) is 105 Å². The minimum absolute atomic E-state index is 0.0582. The summed E-state index contributed by atoms with van der Waals surface area (Å²) in [5.41, 5.74) is 1.79. The zero-order valence-corrected chi connectivity index (χ0v) is 16.6. The summed E-state index contributed by atoms with van der Waals surface area (Å²) in [6.07, 6.45) is 0. The van der Waals surface area contributed by atoms with Gasteiger partial charge in [-0.05, 0) is 24.6 Å². The van der Waals surface area contributed by atoms with E-state index in [-0.39, 0.29) is 5.75 Å². The molecule has 1 aromatic heterocycles. The van der Waals surface area contributed by atoms with Crippen LogP contribution in [0.2, 0.25) is 5.02 Å². The molecule has 140 valence electrons. The Balaban J connectivity index is 1.78. The number of benzene rings is 1. The lowest BCUT2D eigenvalue weighted by Gasteiger charge is -2.05. The van der Waals surface area contributed by atoms with Gasteiger partial charge in [0.1, 0.15) is 0 Å². The minimum atomic E-state index is -0.552. The molecule has 0 spiro atoms. The van der Waals surface area contributed by atoms with Crippen molar-refractivity contribution in [1.82, 2.24) is 20.8 Å². The Kier molecular flexibility index (Phi) is 8.10. The fourth-order valence-corrected chi connectivity index (χ4v) is 3.47. The number of aromatic nitrogens is 2. The second-order valence-electron chi connectivity index (χ2n) is 5.05. The van der Waals surface area contributed by atoms with Crippen LogP contribution in [0.1, 0.15) is 5.56 Å². The third kappa shape index (κ3) is 6.79. The van der Waals surface area contributed by atoms with Gasteiger partial charge in [-0.2, -0.15) is 0 Å². The van der Waals surface area contributed by atoms with Crippen LogP contribution in [-0.4, -0.2) is 48.1 Å². The highest BCUT2D eigenvalue weighted by molar-refractivity contribution is 8.01. The molecular weight excluding hydrogens is 398 g/mol. The molecule has 3 amide bonds. The van der Waals surface area contributed by atoms with Crippen molar-refractivity contribution in [2.75, 3.05) is 31.3 Å². The average molecular weight is 416 g/mol. The van der Waals surface area contributed by atoms with Gasteiger partial charge in [-0.3, -0.25) is 10.1 Å². The van der Waals surface area contributed by atoms with E-state index in [2.05, 4.69) is 26.1 Å². The lowest BCUT2D eigenvalue weighted by molar-refractivity contribution is -0.117. The largest absolute Gasteiger partial charge is 0.383 e. The number of carbonyl (C=O) groups is 2. The maximum Gasteiger partial charge on any atom is 0.321 e. The van der Waals surface area contributed by atoms with E-state index in [9.17, 15) is 9.59 Å². The van der Waals surface area contributed by atoms with Crippen LogP contribution >= 0.6 is 34.7 Å². The maximum absolute atomic E-state index is 11.7. The Morgan fingerprint density at radius 3 is 2.88 bits per heavy atom. The van der Waals surface area contributed by atoms with Crippen molar-refractivity contribution in [3.63, 3.8) is 0 Å². The average Bonchev–Trinajstić information content (AvgIpc) is 3.04. The number of aryl methyl sites for hydroxylation is 1. The van der Waals surface area contributed by atoms with Crippen molar-refractivity contribution in [1.29, 1.82) is 0 Å². The van der Waals surface area contributed by atoms with Crippen LogP contribution in [0.3, 0.4) is 0 Å². The fraction of sp³-hybridized carbons (Fsp3) is 0.333. The first-order valence-corrected chi connectivity index (χ1v) is 9.72. The van der Waals surface area contributed by atoms with E-state index in [1.165, 1.54) is 30.2 Å². The van der Waals surface area contributed by atoms with Gasteiger partial charge in [-0.25, -0.2) is 4.79 Å². The molecule has 2 aromatic rings. The Hall–Kier alpha value is -1.88. The Morgan fingerprint density at radius 1 is 1.35 bits per heavy atom. The summed E-state index contributed by atoms with van der Waals surface area (Å²) < 4.78 is 5.41. The highest BCUT2D eigenvalue weighted by atomic mass is 35.5. The summed E-state index contributed by atoms with van der Waals surface area (Å²) >= 11 is 8.59. The van der Waals surface area contributed by atoms with Crippen molar-refractivity contribution < 1.29 is 14.3 Å². The van der Waals surface area contributed by atoms with E-state index in [0.717, 1.165) is 11.3 Å². The van der Waals surface area contributed by atoms with Crippen LogP contribution < -0.4 is 16.0 Å². The van der Waals surface area contributed by atoms with E-state index in [1.54, 1.807) is 6.07 Å². The van der Waals surface area contributed by atoms with Crippen LogP contribution in [0.15, 0.2) is 22.5 Å². The minimum Gasteiger partial charge on any atom is -0.383 e. The molecule has 0 saturated heterocycles. The first-order valence-electron chi connectivity index (χ1n) is 7.54. The highest BCUT2D eigenvalue weighted by Crippen LogP contribution is 2.29. The second kappa shape index (κ2) is 10.3. The monoisotopic (exact) mass is 415 g/mol. The van der Waals surface area contributed by atoms with Crippen molar-refractivity contribution in [2.24, 2.45) is 0 Å². The number of thioether (sulfide) groups is 1. The summed E-state index contributed by atoms with van der Waals surface area (Å²) in [5, 5.41) is 17.1. The van der Waals surface area contributed by atoms with Crippen molar-refractivity contribution in [3.8, 4) is 0 Å². The van der Waals surface area contributed by atoms with Gasteiger partial charge in [-0.1, -0.05) is 40.8 Å². The summed E-state index contributed by atoms with van der Waals surface area (Å²) in [5.74, 6) is -0.358. The Bertz CT molecular complexity index is 771. The van der Waals surface area contributed by atoms with Gasteiger partial charge in [0, 0.05) is 24.4 Å². The van der Waals surface area contributed by atoms with Crippen LogP contribution in [0, 0.1) is 6.92 Å². The lowest BCUT2D eigenvalue weighted by atomic mass is 10.2. The van der Waals surface area contributed by atoms with Gasteiger partial charge in [0.15, 0.2) is 4.34 Å². The van der Waals surface area contributed by atoms with Gasteiger partial charge < -0.3 is 15.4 Å². The van der Waals surface area contributed by atoms with E-state index in [4.69, 9.17) is 16.3 Å². The molecular formula is C15H18ClN5O3S2. The van der Waals surface area contributed by atoms with E-state index in [0.29, 0.717) is 27.6 Å². The number of amides is 3. The Morgan fingerprint density at radius 2 is 2.15 bits per heavy atom. The molecule has 11 heteroatoms. The molecule has 0 saturated carbocycles. The van der Waals surface area contributed by atoms with E-state index in [1.807, 2.05) is 19.1 Å². The van der Waals surface area contributed by atoms with Crippen LogP contribution in [0.5, 0.6) is 0 Å². The SMILES string of the molecule is COCCNC(=O)NC(=O)CSc1nnc(Nc2ccc(C)c(Cl)c2)s1. The number of methoxy groups -OCH3 is 1. The summed E-state index contributed by atoms with van der Waals surface area (Å²) in [4.78, 5) is 23.2. The predicted molar refractivity (Wildman–Crippen MR) is 104 cm³/mol. The molecule has 0 atom stereocenters. The normalized spacial score (nSPS) is 10.4. The molecule has 26 heavy (non-hydrogen) atoms. The van der Waals surface area contributed by atoms with Gasteiger partial charge in [-0.15, -0.1) is 10.2 Å². The number of urea groups is 1. The first kappa shape index (κ1) is 20.4. The first-order chi connectivity index (χ1) is 12.5. The molecule has 0 aliphatic rings. The maximum atomic E-state index is 11.7. The number of halogens is 1. The molecule has 8 nitrogen and oxygen atoms in total. The Labute approximate surface area is 164 Å². The number of nitrogens with zero attached hydrogens (tertiary/aromatic N) is 2. The highest BCUT2D eigenvalue weighted by Gasteiger charge is 2.11. The van der Waals surface area contributed by atoms with Gasteiger partial charge in [0.25, 0.3) is 0 Å². The predicted octanol–water partition coefficient (Wildman–Crippen LogP) is 2.81. The van der Waals surface area contributed by atoms with Gasteiger partial charge >= 0.3 is 6.03 Å². The number of carbonyl (C=O) groups excluding carboxylic acids is 2. The van der Waals surface area contributed by atoms with Crippen LogP contribution in [0.4, 0.5) is 15.6 Å². The summed E-state index contributed by atoms with van der Waals surface area (Å²) in [6.45, 7) is 2.63. The molecule has 1 aromatic carbocycles. The van der Waals surface area contributed by atoms with Crippen molar-refractivity contribution in [3.05, 3.63) is 28.8 Å². The molecule has 0 fully saturated rings. The summed E-state index contributed by atoms with van der Waals surface area (Å²) in [6, 6.07) is 5.05. The third-order valence-electron chi connectivity index (χ3n) is 3.00. The number of rotatable bonds is 8. The van der Waals surface area contributed by atoms with E-state index < -0.39 is 11.9 Å². The fourth-order valence-electron chi connectivity index (χ4n) is 1.71. The number of hydrogen-bond acceptors (Lipinski definition) is 8. The van der Waals surface area contributed by atoms with Crippen molar-refractivity contribution >= 4 is 57.5 Å². The van der Waals surface area contributed by atoms with Crippen LogP contribution in [0.25, 0.3) is 0 Å². The third-order valence-corrected chi connectivity index (χ3v) is 5.38.